The molecule has 2 N–H and O–H groups in total. The molecular formula is C14H22FNO2S. The maximum atomic E-state index is 12.7. The van der Waals surface area contributed by atoms with Crippen LogP contribution in [-0.4, -0.2) is 42.9 Å². The van der Waals surface area contributed by atoms with E-state index in [-0.39, 0.29) is 12.4 Å². The lowest BCUT2D eigenvalue weighted by Gasteiger charge is -2.15. The molecule has 1 rings (SSSR count). The van der Waals surface area contributed by atoms with Gasteiger partial charge >= 0.3 is 0 Å². The van der Waals surface area contributed by atoms with E-state index in [0.29, 0.717) is 18.2 Å². The zero-order chi connectivity index (χ0) is 14.1. The standard InChI is InChI=1S/C14H22FNO2S/c1-11(10-19-2)7-16-8-13(17)9-18-14-5-3-12(15)4-6-14/h3-6,11,13,16-17H,7-10H2,1-2H3. The van der Waals surface area contributed by atoms with E-state index in [1.54, 1.807) is 12.1 Å². The van der Waals surface area contributed by atoms with Gasteiger partial charge in [0.05, 0.1) is 0 Å². The summed E-state index contributed by atoms with van der Waals surface area (Å²) in [4.78, 5) is 0. The maximum absolute atomic E-state index is 12.7. The molecule has 0 aliphatic heterocycles. The number of halogens is 1. The minimum absolute atomic E-state index is 0.204. The molecule has 0 saturated carbocycles. The van der Waals surface area contributed by atoms with E-state index in [4.69, 9.17) is 4.74 Å². The summed E-state index contributed by atoms with van der Waals surface area (Å²) in [7, 11) is 0. The molecule has 5 heteroatoms. The van der Waals surface area contributed by atoms with Crippen LogP contribution < -0.4 is 10.1 Å². The molecule has 0 heterocycles. The van der Waals surface area contributed by atoms with Crippen LogP contribution in [0.1, 0.15) is 6.92 Å². The van der Waals surface area contributed by atoms with Crippen molar-refractivity contribution < 1.29 is 14.2 Å². The molecule has 19 heavy (non-hydrogen) atoms. The van der Waals surface area contributed by atoms with Crippen LogP contribution in [0, 0.1) is 11.7 Å². The first-order chi connectivity index (χ1) is 9.11. The molecule has 0 fully saturated rings. The second kappa shape index (κ2) is 9.18. The summed E-state index contributed by atoms with van der Waals surface area (Å²) in [5.41, 5.74) is 0. The quantitative estimate of drug-likeness (QED) is 0.730. The predicted molar refractivity (Wildman–Crippen MR) is 78.3 cm³/mol. The molecule has 1 aromatic carbocycles. The monoisotopic (exact) mass is 287 g/mol. The van der Waals surface area contributed by atoms with E-state index in [9.17, 15) is 9.50 Å². The van der Waals surface area contributed by atoms with Crippen molar-refractivity contribution in [1.29, 1.82) is 0 Å². The number of nitrogens with one attached hydrogen (secondary N) is 1. The van der Waals surface area contributed by atoms with Crippen LogP contribution in [-0.2, 0) is 0 Å². The SMILES string of the molecule is CSCC(C)CNCC(O)COc1ccc(F)cc1. The molecule has 0 aliphatic rings. The molecule has 0 aliphatic carbocycles. The van der Waals surface area contributed by atoms with Gasteiger partial charge in [-0.3, -0.25) is 0 Å². The fourth-order valence-electron chi connectivity index (χ4n) is 1.62. The number of aliphatic hydroxyl groups is 1. The first kappa shape index (κ1) is 16.3. The Morgan fingerprint density at radius 1 is 1.32 bits per heavy atom. The van der Waals surface area contributed by atoms with E-state index >= 15 is 0 Å². The van der Waals surface area contributed by atoms with Gasteiger partial charge in [-0.1, -0.05) is 6.92 Å². The molecule has 1 aromatic rings. The number of thioether (sulfide) groups is 1. The minimum Gasteiger partial charge on any atom is -0.491 e. The largest absolute Gasteiger partial charge is 0.491 e. The highest BCUT2D eigenvalue weighted by Gasteiger charge is 2.06. The van der Waals surface area contributed by atoms with Crippen molar-refractivity contribution in [3.63, 3.8) is 0 Å². The van der Waals surface area contributed by atoms with Gasteiger partial charge in [-0.25, -0.2) is 4.39 Å². The first-order valence-electron chi connectivity index (χ1n) is 6.38. The van der Waals surface area contributed by atoms with Gasteiger partial charge in [0, 0.05) is 6.54 Å². The van der Waals surface area contributed by atoms with Crippen LogP contribution in [0.3, 0.4) is 0 Å². The van der Waals surface area contributed by atoms with Crippen molar-refractivity contribution in [3.05, 3.63) is 30.1 Å². The molecule has 0 saturated heterocycles. The lowest BCUT2D eigenvalue weighted by molar-refractivity contribution is 0.106. The smallest absolute Gasteiger partial charge is 0.123 e. The molecule has 108 valence electrons. The van der Waals surface area contributed by atoms with E-state index in [0.717, 1.165) is 12.3 Å². The summed E-state index contributed by atoms with van der Waals surface area (Å²) in [6, 6.07) is 5.78. The minimum atomic E-state index is -0.563. The molecule has 2 atom stereocenters. The third-order valence-corrected chi connectivity index (χ3v) is 3.48. The fraction of sp³-hybridized carbons (Fsp3) is 0.571. The van der Waals surface area contributed by atoms with Crippen molar-refractivity contribution in [3.8, 4) is 5.75 Å². The van der Waals surface area contributed by atoms with E-state index in [1.165, 1.54) is 12.1 Å². The molecule has 0 radical (unpaired) electrons. The summed E-state index contributed by atoms with van der Waals surface area (Å²) in [6.45, 7) is 3.76. The van der Waals surface area contributed by atoms with E-state index in [1.807, 2.05) is 11.8 Å². The van der Waals surface area contributed by atoms with Crippen molar-refractivity contribution in [1.82, 2.24) is 5.32 Å². The number of aliphatic hydroxyl groups excluding tert-OH is 1. The van der Waals surface area contributed by atoms with E-state index in [2.05, 4.69) is 18.5 Å². The van der Waals surface area contributed by atoms with Crippen LogP contribution in [0.25, 0.3) is 0 Å². The average molecular weight is 287 g/mol. The number of hydrogen-bond acceptors (Lipinski definition) is 4. The van der Waals surface area contributed by atoms with Crippen molar-refractivity contribution in [2.24, 2.45) is 5.92 Å². The van der Waals surface area contributed by atoms with Crippen molar-refractivity contribution in [2.45, 2.75) is 13.0 Å². The second-order valence-electron chi connectivity index (χ2n) is 4.64. The third kappa shape index (κ3) is 7.40. The highest BCUT2D eigenvalue weighted by Crippen LogP contribution is 2.11. The normalized spacial score (nSPS) is 14.1. The summed E-state index contributed by atoms with van der Waals surface area (Å²) in [6.07, 6.45) is 1.52. The summed E-state index contributed by atoms with van der Waals surface area (Å²) in [5.74, 6) is 1.96. The van der Waals surface area contributed by atoms with Gasteiger partial charge in [0.25, 0.3) is 0 Å². The topological polar surface area (TPSA) is 41.5 Å². The Balaban J connectivity index is 2.14. The van der Waals surface area contributed by atoms with Crippen LogP contribution >= 0.6 is 11.8 Å². The third-order valence-electron chi connectivity index (χ3n) is 2.58. The van der Waals surface area contributed by atoms with Crippen LogP contribution in [0.4, 0.5) is 4.39 Å². The van der Waals surface area contributed by atoms with Gasteiger partial charge in [0.1, 0.15) is 24.3 Å². The van der Waals surface area contributed by atoms with Crippen LogP contribution in [0.15, 0.2) is 24.3 Å². The molecule has 3 nitrogen and oxygen atoms in total. The molecule has 2 unspecified atom stereocenters. The number of hydrogen-bond donors (Lipinski definition) is 2. The molecule has 0 amide bonds. The zero-order valence-corrected chi connectivity index (χ0v) is 12.3. The maximum Gasteiger partial charge on any atom is 0.123 e. The van der Waals surface area contributed by atoms with E-state index < -0.39 is 6.10 Å². The molecule has 0 spiro atoms. The van der Waals surface area contributed by atoms with Gasteiger partial charge in [-0.05, 0) is 48.7 Å². The molecular weight excluding hydrogens is 265 g/mol. The Bertz CT molecular complexity index is 348. The lowest BCUT2D eigenvalue weighted by atomic mass is 10.2. The molecule has 0 bridgehead atoms. The summed E-state index contributed by atoms with van der Waals surface area (Å²) >= 11 is 1.82. The van der Waals surface area contributed by atoms with Crippen LogP contribution in [0.2, 0.25) is 0 Å². The average Bonchev–Trinajstić information content (AvgIpc) is 2.38. The summed E-state index contributed by atoms with van der Waals surface area (Å²) < 4.78 is 18.0. The predicted octanol–water partition coefficient (Wildman–Crippen LogP) is 2.15. The van der Waals surface area contributed by atoms with Gasteiger partial charge < -0.3 is 15.2 Å². The van der Waals surface area contributed by atoms with Gasteiger partial charge in [-0.15, -0.1) is 0 Å². The number of ether oxygens (including phenoxy) is 1. The Labute approximate surface area is 118 Å². The second-order valence-corrected chi connectivity index (χ2v) is 5.55. The number of benzene rings is 1. The van der Waals surface area contributed by atoms with Crippen molar-refractivity contribution in [2.75, 3.05) is 31.7 Å². The Morgan fingerprint density at radius 2 is 2.00 bits per heavy atom. The molecule has 0 aromatic heterocycles. The van der Waals surface area contributed by atoms with Gasteiger partial charge in [0.15, 0.2) is 0 Å². The lowest BCUT2D eigenvalue weighted by Crippen LogP contribution is -2.34. The van der Waals surface area contributed by atoms with Crippen molar-refractivity contribution >= 4 is 11.8 Å². The van der Waals surface area contributed by atoms with Gasteiger partial charge in [0.2, 0.25) is 0 Å². The number of rotatable bonds is 9. The van der Waals surface area contributed by atoms with Crippen LogP contribution in [0.5, 0.6) is 5.75 Å². The Hall–Kier alpha value is -0.780. The Kier molecular flexibility index (Phi) is 7.86. The highest BCUT2D eigenvalue weighted by atomic mass is 32.2. The van der Waals surface area contributed by atoms with Gasteiger partial charge in [-0.2, -0.15) is 11.8 Å². The summed E-state index contributed by atoms with van der Waals surface area (Å²) in [5, 5.41) is 13.0. The highest BCUT2D eigenvalue weighted by molar-refractivity contribution is 7.98. The zero-order valence-electron chi connectivity index (χ0n) is 11.4. The fourth-order valence-corrected chi connectivity index (χ4v) is 2.31. The Morgan fingerprint density at radius 3 is 2.63 bits per heavy atom. The first-order valence-corrected chi connectivity index (χ1v) is 7.77.